The van der Waals surface area contributed by atoms with E-state index in [4.69, 9.17) is 5.73 Å². The van der Waals surface area contributed by atoms with Crippen molar-refractivity contribution >= 4 is 21.6 Å². The van der Waals surface area contributed by atoms with Crippen molar-refractivity contribution in [2.24, 2.45) is 0 Å². The number of rotatable bonds is 3. The molecular formula is C15H14BrN5. The summed E-state index contributed by atoms with van der Waals surface area (Å²) in [4.78, 5) is 0. The normalized spacial score (nSPS) is 10.8. The van der Waals surface area contributed by atoms with Gasteiger partial charge in [-0.1, -0.05) is 29.8 Å². The van der Waals surface area contributed by atoms with Gasteiger partial charge in [0.25, 0.3) is 0 Å². The van der Waals surface area contributed by atoms with Gasteiger partial charge < -0.3 is 5.73 Å². The van der Waals surface area contributed by atoms with E-state index < -0.39 is 0 Å². The van der Waals surface area contributed by atoms with Gasteiger partial charge in [-0.2, -0.15) is 0 Å². The second kappa shape index (κ2) is 5.65. The van der Waals surface area contributed by atoms with E-state index in [2.05, 4.69) is 56.6 Å². The van der Waals surface area contributed by atoms with Gasteiger partial charge in [0.15, 0.2) is 5.82 Å². The Hall–Kier alpha value is -2.21. The van der Waals surface area contributed by atoms with E-state index in [0.29, 0.717) is 18.1 Å². The summed E-state index contributed by atoms with van der Waals surface area (Å²) in [7, 11) is 0. The van der Waals surface area contributed by atoms with Crippen molar-refractivity contribution in [1.29, 1.82) is 0 Å². The number of tetrazole rings is 1. The maximum absolute atomic E-state index is 5.92. The van der Waals surface area contributed by atoms with Crippen LogP contribution in [-0.4, -0.2) is 20.2 Å². The summed E-state index contributed by atoms with van der Waals surface area (Å²) in [5.74, 6) is 0.704. The van der Waals surface area contributed by atoms with Crippen LogP contribution in [0.5, 0.6) is 0 Å². The van der Waals surface area contributed by atoms with Crippen LogP contribution in [0.2, 0.25) is 0 Å². The van der Waals surface area contributed by atoms with Gasteiger partial charge in [0.05, 0.1) is 6.54 Å². The second-order valence-corrected chi connectivity index (χ2v) is 5.74. The van der Waals surface area contributed by atoms with Crippen LogP contribution in [0.1, 0.15) is 11.1 Å². The van der Waals surface area contributed by atoms with E-state index >= 15 is 0 Å². The number of nitrogens with zero attached hydrogens (tertiary/aromatic N) is 4. The molecule has 1 aromatic heterocycles. The first-order valence-electron chi connectivity index (χ1n) is 6.50. The molecule has 2 aromatic carbocycles. The van der Waals surface area contributed by atoms with E-state index in [1.807, 2.05) is 24.3 Å². The predicted molar refractivity (Wildman–Crippen MR) is 85.6 cm³/mol. The highest BCUT2D eigenvalue weighted by Gasteiger charge is 2.10. The van der Waals surface area contributed by atoms with E-state index in [1.54, 1.807) is 4.68 Å². The predicted octanol–water partition coefficient (Wildman–Crippen LogP) is 3.04. The summed E-state index contributed by atoms with van der Waals surface area (Å²) in [6, 6.07) is 14.0. The van der Waals surface area contributed by atoms with Crippen LogP contribution in [0, 0.1) is 6.92 Å². The fraction of sp³-hybridized carbons (Fsp3) is 0.133. The lowest BCUT2D eigenvalue weighted by Crippen LogP contribution is -2.04. The fourth-order valence-electron chi connectivity index (χ4n) is 2.18. The Morgan fingerprint density at radius 1 is 1.19 bits per heavy atom. The highest BCUT2D eigenvalue weighted by atomic mass is 79.9. The molecule has 0 spiro atoms. The minimum atomic E-state index is 0.625. The highest BCUT2D eigenvalue weighted by molar-refractivity contribution is 9.10. The van der Waals surface area contributed by atoms with Gasteiger partial charge in [-0.05, 0) is 57.0 Å². The summed E-state index contributed by atoms with van der Waals surface area (Å²) in [6.07, 6.45) is 0. The first-order valence-corrected chi connectivity index (χ1v) is 7.30. The molecule has 5 nitrogen and oxygen atoms in total. The third-order valence-electron chi connectivity index (χ3n) is 3.20. The maximum atomic E-state index is 5.92. The Kier molecular flexibility index (Phi) is 3.70. The Morgan fingerprint density at radius 3 is 2.81 bits per heavy atom. The van der Waals surface area contributed by atoms with E-state index in [1.165, 1.54) is 5.56 Å². The van der Waals surface area contributed by atoms with Crippen molar-refractivity contribution in [3.8, 4) is 11.4 Å². The summed E-state index contributed by atoms with van der Waals surface area (Å²) in [6.45, 7) is 2.69. The quantitative estimate of drug-likeness (QED) is 0.742. The molecule has 6 heteroatoms. The monoisotopic (exact) mass is 343 g/mol. The van der Waals surface area contributed by atoms with Crippen molar-refractivity contribution in [3.05, 3.63) is 58.1 Å². The van der Waals surface area contributed by atoms with E-state index in [0.717, 1.165) is 15.6 Å². The SMILES string of the molecule is Cc1cccc(Cn2nnnc2-c2ccc(Br)c(N)c2)c1. The lowest BCUT2D eigenvalue weighted by atomic mass is 10.1. The lowest BCUT2D eigenvalue weighted by Gasteiger charge is -2.07. The third-order valence-corrected chi connectivity index (χ3v) is 3.92. The van der Waals surface area contributed by atoms with Crippen molar-refractivity contribution in [3.63, 3.8) is 0 Å². The highest BCUT2D eigenvalue weighted by Crippen LogP contribution is 2.25. The van der Waals surface area contributed by atoms with Gasteiger partial charge in [-0.15, -0.1) is 5.10 Å². The average molecular weight is 344 g/mol. The zero-order chi connectivity index (χ0) is 14.8. The van der Waals surface area contributed by atoms with Crippen LogP contribution in [0.25, 0.3) is 11.4 Å². The number of aryl methyl sites for hydroxylation is 1. The molecule has 1 heterocycles. The van der Waals surface area contributed by atoms with Gasteiger partial charge in [0.2, 0.25) is 0 Å². The molecule has 0 atom stereocenters. The van der Waals surface area contributed by atoms with Gasteiger partial charge >= 0.3 is 0 Å². The molecular weight excluding hydrogens is 330 g/mol. The molecule has 0 radical (unpaired) electrons. The van der Waals surface area contributed by atoms with Gasteiger partial charge in [-0.25, -0.2) is 4.68 Å². The zero-order valence-electron chi connectivity index (χ0n) is 11.5. The number of hydrogen-bond donors (Lipinski definition) is 1. The van der Waals surface area contributed by atoms with Crippen molar-refractivity contribution in [1.82, 2.24) is 20.2 Å². The molecule has 0 aliphatic rings. The number of nitrogen functional groups attached to an aromatic ring is 1. The number of benzene rings is 2. The largest absolute Gasteiger partial charge is 0.398 e. The maximum Gasteiger partial charge on any atom is 0.182 e. The Labute approximate surface area is 130 Å². The summed E-state index contributed by atoms with van der Waals surface area (Å²) >= 11 is 3.39. The van der Waals surface area contributed by atoms with Crippen LogP contribution in [0.4, 0.5) is 5.69 Å². The van der Waals surface area contributed by atoms with Gasteiger partial charge in [0.1, 0.15) is 0 Å². The minimum absolute atomic E-state index is 0.625. The molecule has 0 unspecified atom stereocenters. The smallest absolute Gasteiger partial charge is 0.182 e. The fourth-order valence-corrected chi connectivity index (χ4v) is 2.43. The van der Waals surface area contributed by atoms with E-state index in [-0.39, 0.29) is 0 Å². The summed E-state index contributed by atoms with van der Waals surface area (Å²) in [5.41, 5.74) is 9.86. The molecule has 2 N–H and O–H groups in total. The molecule has 3 aromatic rings. The van der Waals surface area contributed by atoms with Crippen LogP contribution in [-0.2, 0) is 6.54 Å². The van der Waals surface area contributed by atoms with E-state index in [9.17, 15) is 0 Å². The number of anilines is 1. The molecule has 0 saturated heterocycles. The molecule has 21 heavy (non-hydrogen) atoms. The first-order chi connectivity index (χ1) is 10.1. The van der Waals surface area contributed by atoms with Gasteiger partial charge in [-0.3, -0.25) is 0 Å². The minimum Gasteiger partial charge on any atom is -0.398 e. The first kappa shape index (κ1) is 13.8. The number of hydrogen-bond acceptors (Lipinski definition) is 4. The second-order valence-electron chi connectivity index (χ2n) is 4.89. The van der Waals surface area contributed by atoms with Crippen LogP contribution < -0.4 is 5.73 Å². The molecule has 0 aliphatic carbocycles. The standard InChI is InChI=1S/C15H14BrN5/c1-10-3-2-4-11(7-10)9-21-15(18-19-20-21)12-5-6-13(16)14(17)8-12/h2-8H,9,17H2,1H3. The van der Waals surface area contributed by atoms with Crippen molar-refractivity contribution in [2.45, 2.75) is 13.5 Å². The van der Waals surface area contributed by atoms with Gasteiger partial charge in [0, 0.05) is 15.7 Å². The molecule has 106 valence electrons. The molecule has 0 fully saturated rings. The summed E-state index contributed by atoms with van der Waals surface area (Å²) in [5, 5.41) is 12.0. The molecule has 3 rings (SSSR count). The topological polar surface area (TPSA) is 69.6 Å². The number of aromatic nitrogens is 4. The van der Waals surface area contributed by atoms with Crippen molar-refractivity contribution < 1.29 is 0 Å². The molecule has 0 bridgehead atoms. The Morgan fingerprint density at radius 2 is 2.05 bits per heavy atom. The van der Waals surface area contributed by atoms with Crippen molar-refractivity contribution in [2.75, 3.05) is 5.73 Å². The molecule has 0 saturated carbocycles. The van der Waals surface area contributed by atoms with Crippen LogP contribution >= 0.6 is 15.9 Å². The molecule has 0 aliphatic heterocycles. The number of nitrogens with two attached hydrogens (primary N) is 1. The lowest BCUT2D eigenvalue weighted by molar-refractivity contribution is 0.653. The van der Waals surface area contributed by atoms with Crippen LogP contribution in [0.3, 0.4) is 0 Å². The third kappa shape index (κ3) is 2.95. The Balaban J connectivity index is 1.95. The number of halogens is 1. The summed E-state index contributed by atoms with van der Waals surface area (Å²) < 4.78 is 2.64. The zero-order valence-corrected chi connectivity index (χ0v) is 13.1. The Bertz CT molecular complexity index is 781. The average Bonchev–Trinajstić information content (AvgIpc) is 2.90. The molecule has 0 amide bonds. The van der Waals surface area contributed by atoms with Crippen LogP contribution in [0.15, 0.2) is 46.9 Å².